The number of amides is 2. The molecule has 188 valence electrons. The Bertz CT molecular complexity index is 1300. The molecule has 0 aliphatic carbocycles. The number of ether oxygens (including phenoxy) is 1. The Morgan fingerprint density at radius 1 is 1.20 bits per heavy atom. The van der Waals surface area contributed by atoms with Crippen molar-refractivity contribution in [1.29, 1.82) is 0 Å². The Labute approximate surface area is 204 Å². The van der Waals surface area contributed by atoms with Crippen LogP contribution in [0.5, 0.6) is 0 Å². The fourth-order valence-corrected chi connectivity index (χ4v) is 4.37. The predicted octanol–water partition coefficient (Wildman–Crippen LogP) is 4.58. The Morgan fingerprint density at radius 2 is 1.83 bits per heavy atom. The number of carbonyl (C=O) groups is 2. The van der Waals surface area contributed by atoms with Crippen LogP contribution in [0.2, 0.25) is 5.02 Å². The molecule has 0 saturated carbocycles. The molecule has 35 heavy (non-hydrogen) atoms. The van der Waals surface area contributed by atoms with Crippen molar-refractivity contribution in [2.24, 2.45) is 10.5 Å². The lowest BCUT2D eigenvalue weighted by molar-refractivity contribution is -0.150. The van der Waals surface area contributed by atoms with E-state index in [-0.39, 0.29) is 35.0 Å². The number of anilines is 1. The van der Waals surface area contributed by atoms with Crippen molar-refractivity contribution in [1.82, 2.24) is 5.01 Å². The Hall–Kier alpha value is -3.12. The van der Waals surface area contributed by atoms with Gasteiger partial charge in [-0.3, -0.25) is 4.79 Å². The van der Waals surface area contributed by atoms with Crippen LogP contribution in [0.1, 0.15) is 25.0 Å². The van der Waals surface area contributed by atoms with Gasteiger partial charge in [0.2, 0.25) is 0 Å². The van der Waals surface area contributed by atoms with Gasteiger partial charge in [0.15, 0.2) is 9.84 Å². The van der Waals surface area contributed by atoms with E-state index in [0.29, 0.717) is 0 Å². The lowest BCUT2D eigenvalue weighted by Crippen LogP contribution is -2.42. The largest absolute Gasteiger partial charge is 0.465 e. The summed E-state index contributed by atoms with van der Waals surface area (Å²) >= 11 is 5.85. The van der Waals surface area contributed by atoms with E-state index in [9.17, 15) is 31.2 Å². The zero-order chi connectivity index (χ0) is 26.2. The zero-order valence-corrected chi connectivity index (χ0v) is 20.4. The molecule has 0 fully saturated rings. The molecule has 3 rings (SSSR count). The minimum atomic E-state index is -4.67. The topological polar surface area (TPSA) is 105 Å². The third-order valence-corrected chi connectivity index (χ3v) is 6.69. The van der Waals surface area contributed by atoms with Gasteiger partial charge in [-0.2, -0.15) is 18.3 Å². The van der Waals surface area contributed by atoms with Crippen LogP contribution in [0, 0.1) is 5.41 Å². The first kappa shape index (κ1) is 26.5. The standard InChI is InChI=1S/C22H21ClF3N3O5S/c1-4-34-19(30)21(2)12-29(20(31)27-14-6-8-15(9-7-14)35(3,32)33)28-18(21)13-5-10-16(17(23)11-13)22(24,25)26/h5-11H,4,12H2,1-3H3,(H,27,31). The number of rotatable bonds is 5. The molecule has 0 radical (unpaired) electrons. The van der Waals surface area contributed by atoms with Gasteiger partial charge in [0.25, 0.3) is 0 Å². The Kier molecular flexibility index (Phi) is 7.19. The number of hydrazone groups is 1. The highest BCUT2D eigenvalue weighted by Crippen LogP contribution is 2.38. The van der Waals surface area contributed by atoms with Crippen LogP contribution in [0.3, 0.4) is 0 Å². The zero-order valence-electron chi connectivity index (χ0n) is 18.8. The van der Waals surface area contributed by atoms with Crippen molar-refractivity contribution in [2.75, 3.05) is 24.7 Å². The fourth-order valence-electron chi connectivity index (χ4n) is 3.45. The maximum atomic E-state index is 13.1. The normalized spacial score (nSPS) is 18.3. The van der Waals surface area contributed by atoms with Gasteiger partial charge in [0.05, 0.1) is 34.3 Å². The van der Waals surface area contributed by atoms with Gasteiger partial charge in [0, 0.05) is 17.5 Å². The molecule has 8 nitrogen and oxygen atoms in total. The summed E-state index contributed by atoms with van der Waals surface area (Å²) < 4.78 is 67.7. The number of hydrogen-bond donors (Lipinski definition) is 1. The summed E-state index contributed by atoms with van der Waals surface area (Å²) in [4.78, 5) is 25.7. The quantitative estimate of drug-likeness (QED) is 0.568. The van der Waals surface area contributed by atoms with Crippen LogP contribution >= 0.6 is 11.6 Å². The first-order valence-electron chi connectivity index (χ1n) is 10.2. The number of benzene rings is 2. The lowest BCUT2D eigenvalue weighted by atomic mass is 9.82. The van der Waals surface area contributed by atoms with Gasteiger partial charge < -0.3 is 10.1 Å². The van der Waals surface area contributed by atoms with Crippen molar-refractivity contribution in [3.63, 3.8) is 0 Å². The summed E-state index contributed by atoms with van der Waals surface area (Å²) in [6.45, 7) is 2.83. The van der Waals surface area contributed by atoms with Gasteiger partial charge in [-0.25, -0.2) is 18.2 Å². The monoisotopic (exact) mass is 531 g/mol. The molecule has 1 N–H and O–H groups in total. The fraction of sp³-hybridized carbons (Fsp3) is 0.318. The van der Waals surface area contributed by atoms with Crippen molar-refractivity contribution >= 4 is 44.8 Å². The first-order valence-corrected chi connectivity index (χ1v) is 12.5. The number of halogens is 4. The van der Waals surface area contributed by atoms with Crippen LogP contribution in [0.15, 0.2) is 52.5 Å². The smallest absolute Gasteiger partial charge is 0.417 e. The molecular formula is C22H21ClF3N3O5S. The molecule has 2 amide bonds. The third kappa shape index (κ3) is 5.59. The summed E-state index contributed by atoms with van der Waals surface area (Å²) in [5, 5.41) is 7.11. The van der Waals surface area contributed by atoms with Crippen molar-refractivity contribution in [3.8, 4) is 0 Å². The first-order chi connectivity index (χ1) is 16.2. The highest BCUT2D eigenvalue weighted by atomic mass is 35.5. The molecule has 0 saturated heterocycles. The maximum absolute atomic E-state index is 13.1. The van der Waals surface area contributed by atoms with E-state index in [1.807, 2.05) is 0 Å². The molecule has 2 aromatic rings. The predicted molar refractivity (Wildman–Crippen MR) is 123 cm³/mol. The summed E-state index contributed by atoms with van der Waals surface area (Å²) in [5.74, 6) is -0.720. The number of alkyl halides is 3. The highest BCUT2D eigenvalue weighted by Gasteiger charge is 2.49. The number of nitrogens with zero attached hydrogens (tertiary/aromatic N) is 2. The number of carbonyl (C=O) groups excluding carboxylic acids is 2. The lowest BCUT2D eigenvalue weighted by Gasteiger charge is -2.24. The van der Waals surface area contributed by atoms with E-state index in [0.717, 1.165) is 29.5 Å². The van der Waals surface area contributed by atoms with Crippen molar-refractivity contribution in [3.05, 3.63) is 58.6 Å². The molecule has 1 heterocycles. The Balaban J connectivity index is 1.94. The molecule has 2 aromatic carbocycles. The van der Waals surface area contributed by atoms with E-state index in [4.69, 9.17) is 16.3 Å². The highest BCUT2D eigenvalue weighted by molar-refractivity contribution is 7.90. The molecular weight excluding hydrogens is 511 g/mol. The number of urea groups is 1. The molecule has 1 atom stereocenters. The molecule has 0 aromatic heterocycles. The third-order valence-electron chi connectivity index (χ3n) is 5.25. The van der Waals surface area contributed by atoms with E-state index in [2.05, 4.69) is 10.4 Å². The number of hydrogen-bond acceptors (Lipinski definition) is 6. The second-order valence-electron chi connectivity index (χ2n) is 7.98. The summed E-state index contributed by atoms with van der Waals surface area (Å²) in [5.41, 5.74) is -2.15. The minimum Gasteiger partial charge on any atom is -0.465 e. The average molecular weight is 532 g/mol. The van der Waals surface area contributed by atoms with Crippen LogP contribution in [0.25, 0.3) is 0 Å². The van der Waals surface area contributed by atoms with Crippen molar-refractivity contribution < 1.29 is 35.9 Å². The molecule has 13 heteroatoms. The second-order valence-corrected chi connectivity index (χ2v) is 10.4. The number of sulfone groups is 1. The summed E-state index contributed by atoms with van der Waals surface area (Å²) in [6, 6.07) is 7.58. The van der Waals surface area contributed by atoms with E-state index in [1.54, 1.807) is 6.92 Å². The van der Waals surface area contributed by atoms with Gasteiger partial charge in [-0.1, -0.05) is 17.7 Å². The SMILES string of the molecule is CCOC(=O)C1(C)CN(C(=O)Nc2ccc(S(C)(=O)=O)cc2)N=C1c1ccc(C(F)(F)F)c(Cl)c1. The maximum Gasteiger partial charge on any atom is 0.417 e. The molecule has 1 unspecified atom stereocenters. The molecule has 1 aliphatic rings. The molecule has 0 spiro atoms. The van der Waals surface area contributed by atoms with Gasteiger partial charge in [-0.05, 0) is 50.2 Å². The summed E-state index contributed by atoms with van der Waals surface area (Å²) in [7, 11) is -3.43. The molecule has 0 bridgehead atoms. The van der Waals surface area contributed by atoms with E-state index >= 15 is 0 Å². The molecule has 1 aliphatic heterocycles. The van der Waals surface area contributed by atoms with Crippen LogP contribution < -0.4 is 5.32 Å². The van der Waals surface area contributed by atoms with Crippen LogP contribution in [-0.2, 0) is 25.5 Å². The number of nitrogens with one attached hydrogen (secondary N) is 1. The van der Waals surface area contributed by atoms with Gasteiger partial charge >= 0.3 is 18.2 Å². The van der Waals surface area contributed by atoms with Crippen molar-refractivity contribution in [2.45, 2.75) is 24.9 Å². The average Bonchev–Trinajstić information content (AvgIpc) is 3.12. The number of esters is 1. The second kappa shape index (κ2) is 9.50. The minimum absolute atomic E-state index is 0.00847. The summed E-state index contributed by atoms with van der Waals surface area (Å²) in [6.07, 6.45) is -3.62. The van der Waals surface area contributed by atoms with Gasteiger partial charge in [-0.15, -0.1) is 0 Å². The van der Waals surface area contributed by atoms with E-state index < -0.39 is 44.0 Å². The van der Waals surface area contributed by atoms with Gasteiger partial charge in [0.1, 0.15) is 5.41 Å². The van der Waals surface area contributed by atoms with E-state index in [1.165, 1.54) is 31.2 Å². The van der Waals surface area contributed by atoms with Crippen LogP contribution in [-0.4, -0.2) is 50.5 Å². The van der Waals surface area contributed by atoms with Crippen LogP contribution in [0.4, 0.5) is 23.7 Å². The Morgan fingerprint density at radius 3 is 2.34 bits per heavy atom.